The quantitative estimate of drug-likeness (QED) is 0.643. The van der Waals surface area contributed by atoms with Gasteiger partial charge in [0.25, 0.3) is 11.6 Å². The zero-order chi connectivity index (χ0) is 15.4. The van der Waals surface area contributed by atoms with Crippen LogP contribution in [0.5, 0.6) is 0 Å². The van der Waals surface area contributed by atoms with E-state index in [9.17, 15) is 14.9 Å². The molecule has 6 nitrogen and oxygen atoms in total. The monoisotopic (exact) mass is 305 g/mol. The fourth-order valence-electron chi connectivity index (χ4n) is 1.85. The molecule has 0 saturated heterocycles. The molecule has 0 N–H and O–H groups in total. The molecule has 0 atom stereocenters. The number of aromatic nitrogens is 1. The number of hydrogen-bond donors (Lipinski definition) is 0. The molecule has 0 aliphatic heterocycles. The normalized spacial score (nSPS) is 10.2. The van der Waals surface area contributed by atoms with Gasteiger partial charge in [-0.2, -0.15) is 0 Å². The summed E-state index contributed by atoms with van der Waals surface area (Å²) in [6.07, 6.45) is 1.62. The third-order valence-corrected chi connectivity index (χ3v) is 3.09. The van der Waals surface area contributed by atoms with Crippen LogP contribution in [0.3, 0.4) is 0 Å². The maximum atomic E-state index is 12.4. The van der Waals surface area contributed by atoms with Crippen molar-refractivity contribution in [3.8, 4) is 0 Å². The van der Waals surface area contributed by atoms with Crippen LogP contribution >= 0.6 is 11.6 Å². The van der Waals surface area contributed by atoms with Gasteiger partial charge in [-0.05, 0) is 24.3 Å². The number of nitro groups is 1. The van der Waals surface area contributed by atoms with E-state index in [1.165, 1.54) is 23.1 Å². The number of benzene rings is 1. The molecule has 108 valence electrons. The molecule has 21 heavy (non-hydrogen) atoms. The van der Waals surface area contributed by atoms with E-state index in [1.807, 2.05) is 6.07 Å². The highest BCUT2D eigenvalue weighted by Gasteiger charge is 2.23. The minimum Gasteiger partial charge on any atom is -0.336 e. The molecular formula is C14H12ClN3O3. The number of carbonyl (C=O) groups is 1. The van der Waals surface area contributed by atoms with Crippen LogP contribution in [0, 0.1) is 10.1 Å². The van der Waals surface area contributed by atoms with E-state index in [1.54, 1.807) is 25.4 Å². The van der Waals surface area contributed by atoms with E-state index in [0.29, 0.717) is 5.69 Å². The van der Waals surface area contributed by atoms with E-state index >= 15 is 0 Å². The molecule has 0 spiro atoms. The molecule has 2 rings (SSSR count). The molecule has 1 heterocycles. The molecule has 1 amide bonds. The molecule has 0 unspecified atom stereocenters. The number of amides is 1. The lowest BCUT2D eigenvalue weighted by molar-refractivity contribution is -0.385. The molecule has 1 aromatic heterocycles. The maximum absolute atomic E-state index is 12.4. The Hall–Kier alpha value is -2.47. The van der Waals surface area contributed by atoms with Crippen LogP contribution in [0.4, 0.5) is 5.69 Å². The molecule has 0 aliphatic carbocycles. The van der Waals surface area contributed by atoms with Gasteiger partial charge in [-0.1, -0.05) is 17.7 Å². The number of hydrogen-bond acceptors (Lipinski definition) is 4. The summed E-state index contributed by atoms with van der Waals surface area (Å²) >= 11 is 5.82. The Balaban J connectivity index is 2.27. The maximum Gasteiger partial charge on any atom is 0.282 e. The summed E-state index contributed by atoms with van der Waals surface area (Å²) in [4.78, 5) is 28.2. The van der Waals surface area contributed by atoms with Gasteiger partial charge >= 0.3 is 0 Å². The second kappa shape index (κ2) is 6.32. The molecule has 0 saturated carbocycles. The predicted molar refractivity (Wildman–Crippen MR) is 78.1 cm³/mol. The summed E-state index contributed by atoms with van der Waals surface area (Å²) in [6.45, 7) is 0.253. The van der Waals surface area contributed by atoms with Crippen LogP contribution in [0.2, 0.25) is 5.02 Å². The molecule has 2 aromatic rings. The van der Waals surface area contributed by atoms with Crippen molar-refractivity contribution < 1.29 is 9.72 Å². The number of nitrogens with zero attached hydrogens (tertiary/aromatic N) is 3. The van der Waals surface area contributed by atoms with Gasteiger partial charge in [0, 0.05) is 24.3 Å². The zero-order valence-corrected chi connectivity index (χ0v) is 11.9. The van der Waals surface area contributed by atoms with Crippen molar-refractivity contribution >= 4 is 23.2 Å². The highest BCUT2D eigenvalue weighted by Crippen LogP contribution is 2.24. The third kappa shape index (κ3) is 3.55. The van der Waals surface area contributed by atoms with Gasteiger partial charge in [0.2, 0.25) is 0 Å². The van der Waals surface area contributed by atoms with Gasteiger partial charge in [0.05, 0.1) is 17.2 Å². The van der Waals surface area contributed by atoms with Crippen LogP contribution in [0.1, 0.15) is 16.1 Å². The van der Waals surface area contributed by atoms with Gasteiger partial charge in [-0.25, -0.2) is 0 Å². The summed E-state index contributed by atoms with van der Waals surface area (Å²) in [5.41, 5.74) is 0.390. The topological polar surface area (TPSA) is 76.3 Å². The summed E-state index contributed by atoms with van der Waals surface area (Å²) < 4.78 is 0. The van der Waals surface area contributed by atoms with Gasteiger partial charge in [-0.3, -0.25) is 19.9 Å². The van der Waals surface area contributed by atoms with E-state index < -0.39 is 10.8 Å². The number of pyridine rings is 1. The molecule has 7 heteroatoms. The Morgan fingerprint density at radius 3 is 2.76 bits per heavy atom. The second-order valence-corrected chi connectivity index (χ2v) is 4.84. The van der Waals surface area contributed by atoms with E-state index in [4.69, 9.17) is 11.6 Å². The molecule has 0 fully saturated rings. The number of halogens is 1. The molecular weight excluding hydrogens is 294 g/mol. The van der Waals surface area contributed by atoms with Crippen molar-refractivity contribution in [2.75, 3.05) is 7.05 Å². The molecule has 0 bridgehead atoms. The van der Waals surface area contributed by atoms with Crippen LogP contribution in [-0.4, -0.2) is 27.8 Å². The average molecular weight is 306 g/mol. The van der Waals surface area contributed by atoms with Crippen LogP contribution in [0.25, 0.3) is 0 Å². The van der Waals surface area contributed by atoms with Gasteiger partial charge in [-0.15, -0.1) is 0 Å². The van der Waals surface area contributed by atoms with Crippen molar-refractivity contribution in [1.29, 1.82) is 0 Å². The SMILES string of the molecule is CN(Cc1ccccn1)C(=O)c1cc(Cl)ccc1[N+](=O)[O-]. The minimum atomic E-state index is -0.599. The molecule has 1 aromatic carbocycles. The molecule has 0 radical (unpaired) electrons. The van der Waals surface area contributed by atoms with Crippen LogP contribution in [0.15, 0.2) is 42.6 Å². The first-order valence-electron chi connectivity index (χ1n) is 6.08. The number of carbonyl (C=O) groups excluding carboxylic acids is 1. The smallest absolute Gasteiger partial charge is 0.282 e. The second-order valence-electron chi connectivity index (χ2n) is 4.40. The highest BCUT2D eigenvalue weighted by atomic mass is 35.5. The average Bonchev–Trinajstić information content (AvgIpc) is 2.47. The Morgan fingerprint density at radius 2 is 2.14 bits per heavy atom. The lowest BCUT2D eigenvalue weighted by atomic mass is 10.1. The molecule has 0 aliphatic rings. The first kappa shape index (κ1) is 14.9. The van der Waals surface area contributed by atoms with E-state index in [2.05, 4.69) is 4.98 Å². The third-order valence-electron chi connectivity index (χ3n) is 2.86. The largest absolute Gasteiger partial charge is 0.336 e. The Labute approximate surface area is 126 Å². The predicted octanol–water partition coefficient (Wildman–Crippen LogP) is 2.92. The van der Waals surface area contributed by atoms with Crippen molar-refractivity contribution in [3.05, 3.63) is 69.0 Å². The van der Waals surface area contributed by atoms with Gasteiger partial charge in [0.1, 0.15) is 5.56 Å². The lowest BCUT2D eigenvalue weighted by Crippen LogP contribution is -2.27. The van der Waals surface area contributed by atoms with Crippen LogP contribution < -0.4 is 0 Å². The van der Waals surface area contributed by atoms with Crippen LogP contribution in [-0.2, 0) is 6.54 Å². The van der Waals surface area contributed by atoms with Gasteiger partial charge < -0.3 is 4.90 Å². The Morgan fingerprint density at radius 1 is 1.38 bits per heavy atom. The minimum absolute atomic E-state index is 0.0362. The number of rotatable bonds is 4. The fourth-order valence-corrected chi connectivity index (χ4v) is 2.02. The fraction of sp³-hybridized carbons (Fsp3) is 0.143. The lowest BCUT2D eigenvalue weighted by Gasteiger charge is -2.16. The summed E-state index contributed by atoms with van der Waals surface area (Å²) in [6, 6.07) is 9.27. The Bertz CT molecular complexity index is 676. The highest BCUT2D eigenvalue weighted by molar-refractivity contribution is 6.31. The van der Waals surface area contributed by atoms with Crippen molar-refractivity contribution in [3.63, 3.8) is 0 Å². The standard InChI is InChI=1S/C14H12ClN3O3/c1-17(9-11-4-2-3-7-16-11)14(19)12-8-10(15)5-6-13(12)18(20)21/h2-8H,9H2,1H3. The summed E-state index contributed by atoms with van der Waals surface area (Å²) in [5, 5.41) is 11.3. The zero-order valence-electron chi connectivity index (χ0n) is 11.2. The van der Waals surface area contributed by atoms with E-state index in [0.717, 1.165) is 0 Å². The van der Waals surface area contributed by atoms with Gasteiger partial charge in [0.15, 0.2) is 0 Å². The summed E-state index contributed by atoms with van der Waals surface area (Å²) in [5.74, 6) is -0.477. The number of nitro benzene ring substituents is 1. The first-order chi connectivity index (χ1) is 9.99. The first-order valence-corrected chi connectivity index (χ1v) is 6.46. The van der Waals surface area contributed by atoms with Crippen molar-refractivity contribution in [2.45, 2.75) is 6.54 Å². The Kier molecular flexibility index (Phi) is 4.49. The van der Waals surface area contributed by atoms with E-state index in [-0.39, 0.29) is 22.8 Å². The van der Waals surface area contributed by atoms with Crippen molar-refractivity contribution in [1.82, 2.24) is 9.88 Å². The van der Waals surface area contributed by atoms with Crippen molar-refractivity contribution in [2.24, 2.45) is 0 Å². The summed E-state index contributed by atoms with van der Waals surface area (Å²) in [7, 11) is 1.56.